The van der Waals surface area contributed by atoms with Crippen LogP contribution in [0.25, 0.3) is 0 Å². The number of rotatable bonds is 7. The van der Waals surface area contributed by atoms with Crippen LogP contribution in [0.4, 0.5) is 5.13 Å². The second-order valence-corrected chi connectivity index (χ2v) is 8.02. The Balaban J connectivity index is 2.07. The van der Waals surface area contributed by atoms with Gasteiger partial charge in [0.1, 0.15) is 0 Å². The van der Waals surface area contributed by atoms with Gasteiger partial charge in [-0.25, -0.2) is 4.98 Å². The zero-order chi connectivity index (χ0) is 14.8. The first-order valence-electron chi connectivity index (χ1n) is 7.86. The van der Waals surface area contributed by atoms with Crippen molar-refractivity contribution in [3.05, 3.63) is 10.6 Å². The third-order valence-electron chi connectivity index (χ3n) is 3.63. The number of hydrogen-bond acceptors (Lipinski definition) is 4. The third kappa shape index (κ3) is 4.45. The summed E-state index contributed by atoms with van der Waals surface area (Å²) in [4.78, 5) is 8.70. The highest BCUT2D eigenvalue weighted by Gasteiger charge is 2.30. The Hall–Kier alpha value is -0.610. The molecule has 0 bridgehead atoms. The topological polar surface area (TPSA) is 28.2 Å². The predicted molar refractivity (Wildman–Crippen MR) is 88.9 cm³/mol. The van der Waals surface area contributed by atoms with Crippen LogP contribution < -0.4 is 10.2 Å². The monoisotopic (exact) mass is 295 g/mol. The van der Waals surface area contributed by atoms with E-state index in [0.29, 0.717) is 0 Å². The first-order chi connectivity index (χ1) is 9.40. The minimum absolute atomic E-state index is 0.166. The molecule has 0 amide bonds. The molecule has 0 aromatic carbocycles. The Kier molecular flexibility index (Phi) is 5.08. The van der Waals surface area contributed by atoms with E-state index in [-0.39, 0.29) is 5.54 Å². The van der Waals surface area contributed by atoms with E-state index in [1.165, 1.54) is 41.4 Å². The van der Waals surface area contributed by atoms with Crippen LogP contribution in [0.15, 0.2) is 0 Å². The van der Waals surface area contributed by atoms with Crippen molar-refractivity contribution in [1.82, 2.24) is 10.3 Å². The van der Waals surface area contributed by atoms with E-state index in [9.17, 15) is 0 Å². The molecule has 4 heteroatoms. The zero-order valence-electron chi connectivity index (χ0n) is 13.6. The van der Waals surface area contributed by atoms with Crippen LogP contribution in [0.1, 0.15) is 69.9 Å². The Morgan fingerprint density at radius 2 is 2.05 bits per heavy atom. The summed E-state index contributed by atoms with van der Waals surface area (Å²) in [5.74, 6) is 0.733. The quantitative estimate of drug-likeness (QED) is 0.819. The number of nitrogens with zero attached hydrogens (tertiary/aromatic N) is 2. The lowest BCUT2D eigenvalue weighted by Crippen LogP contribution is -2.35. The molecule has 1 saturated carbocycles. The Morgan fingerprint density at radius 3 is 2.60 bits per heavy atom. The van der Waals surface area contributed by atoms with Crippen LogP contribution in [0.5, 0.6) is 0 Å². The molecule has 1 N–H and O–H groups in total. The third-order valence-corrected chi connectivity index (χ3v) is 4.82. The molecule has 0 spiro atoms. The van der Waals surface area contributed by atoms with E-state index in [1.54, 1.807) is 0 Å². The van der Waals surface area contributed by atoms with Gasteiger partial charge in [-0.2, -0.15) is 0 Å². The molecule has 1 aromatic heterocycles. The van der Waals surface area contributed by atoms with E-state index in [4.69, 9.17) is 4.98 Å². The number of nitrogens with one attached hydrogen (secondary N) is 1. The van der Waals surface area contributed by atoms with Crippen LogP contribution in [-0.2, 0) is 6.54 Å². The van der Waals surface area contributed by atoms with Crippen molar-refractivity contribution >= 4 is 16.5 Å². The highest BCUT2D eigenvalue weighted by atomic mass is 32.1. The lowest BCUT2D eigenvalue weighted by atomic mass is 10.1. The fourth-order valence-electron chi connectivity index (χ4n) is 2.15. The molecule has 20 heavy (non-hydrogen) atoms. The van der Waals surface area contributed by atoms with Gasteiger partial charge in [0.25, 0.3) is 0 Å². The molecule has 1 aromatic rings. The van der Waals surface area contributed by atoms with Gasteiger partial charge in [0.15, 0.2) is 5.13 Å². The standard InChI is InChI=1S/C16H29N3S/c1-6-7-10-19(5)15-18-14(12-8-9-12)13(20-15)11-17-16(2,3)4/h12,17H,6-11H2,1-5H3. The molecular weight excluding hydrogens is 266 g/mol. The first-order valence-corrected chi connectivity index (χ1v) is 8.68. The molecule has 1 heterocycles. The SMILES string of the molecule is CCCCN(C)c1nc(C2CC2)c(CNC(C)(C)C)s1. The van der Waals surface area contributed by atoms with Crippen LogP contribution in [0.2, 0.25) is 0 Å². The lowest BCUT2D eigenvalue weighted by Gasteiger charge is -2.20. The predicted octanol–water partition coefficient (Wildman–Crippen LogP) is 4.14. The van der Waals surface area contributed by atoms with Gasteiger partial charge in [-0.3, -0.25) is 0 Å². The van der Waals surface area contributed by atoms with Gasteiger partial charge >= 0.3 is 0 Å². The second kappa shape index (κ2) is 6.44. The summed E-state index contributed by atoms with van der Waals surface area (Å²) in [6, 6.07) is 0. The minimum Gasteiger partial charge on any atom is -0.351 e. The van der Waals surface area contributed by atoms with Crippen molar-refractivity contribution in [2.75, 3.05) is 18.5 Å². The highest BCUT2D eigenvalue weighted by Crippen LogP contribution is 2.44. The van der Waals surface area contributed by atoms with Gasteiger partial charge < -0.3 is 10.2 Å². The van der Waals surface area contributed by atoms with Crippen molar-refractivity contribution < 1.29 is 0 Å². The van der Waals surface area contributed by atoms with Crippen molar-refractivity contribution in [3.8, 4) is 0 Å². The van der Waals surface area contributed by atoms with Crippen LogP contribution >= 0.6 is 11.3 Å². The summed E-state index contributed by atoms with van der Waals surface area (Å²) in [6.45, 7) is 11.0. The molecule has 0 saturated heterocycles. The fraction of sp³-hybridized carbons (Fsp3) is 0.812. The average Bonchev–Trinajstić information content (AvgIpc) is 3.12. The Labute approximate surface area is 127 Å². The van der Waals surface area contributed by atoms with Gasteiger partial charge in [0, 0.05) is 36.5 Å². The summed E-state index contributed by atoms with van der Waals surface area (Å²) in [7, 11) is 2.17. The average molecular weight is 295 g/mol. The van der Waals surface area contributed by atoms with Crippen LogP contribution in [-0.4, -0.2) is 24.1 Å². The van der Waals surface area contributed by atoms with Gasteiger partial charge in [-0.05, 0) is 40.0 Å². The number of thiazole rings is 1. The van der Waals surface area contributed by atoms with Crippen molar-refractivity contribution in [1.29, 1.82) is 0 Å². The van der Waals surface area contributed by atoms with Crippen molar-refractivity contribution in [2.24, 2.45) is 0 Å². The molecular formula is C16H29N3S. The molecule has 114 valence electrons. The first kappa shape index (κ1) is 15.8. The Morgan fingerprint density at radius 1 is 1.35 bits per heavy atom. The van der Waals surface area contributed by atoms with E-state index >= 15 is 0 Å². The molecule has 1 aliphatic rings. The molecule has 0 atom stereocenters. The van der Waals surface area contributed by atoms with E-state index in [1.807, 2.05) is 11.3 Å². The van der Waals surface area contributed by atoms with Crippen molar-refractivity contribution in [3.63, 3.8) is 0 Å². The van der Waals surface area contributed by atoms with Gasteiger partial charge in [-0.15, -0.1) is 11.3 Å². The van der Waals surface area contributed by atoms with E-state index in [2.05, 4.69) is 45.0 Å². The highest BCUT2D eigenvalue weighted by molar-refractivity contribution is 7.15. The number of unbranched alkanes of at least 4 members (excludes halogenated alkanes) is 1. The Bertz CT molecular complexity index is 429. The van der Waals surface area contributed by atoms with E-state index in [0.717, 1.165) is 19.0 Å². The number of aromatic nitrogens is 1. The van der Waals surface area contributed by atoms with Crippen molar-refractivity contribution in [2.45, 2.75) is 71.4 Å². The molecule has 0 aliphatic heterocycles. The molecule has 2 rings (SSSR count). The molecule has 3 nitrogen and oxygen atoms in total. The smallest absolute Gasteiger partial charge is 0.185 e. The maximum absolute atomic E-state index is 4.93. The van der Waals surface area contributed by atoms with E-state index < -0.39 is 0 Å². The molecule has 0 radical (unpaired) electrons. The van der Waals surface area contributed by atoms with Gasteiger partial charge in [0.05, 0.1) is 5.69 Å². The fourth-order valence-corrected chi connectivity index (χ4v) is 3.23. The maximum atomic E-state index is 4.93. The lowest BCUT2D eigenvalue weighted by molar-refractivity contribution is 0.425. The van der Waals surface area contributed by atoms with Crippen LogP contribution in [0, 0.1) is 0 Å². The summed E-state index contributed by atoms with van der Waals surface area (Å²) < 4.78 is 0. The summed E-state index contributed by atoms with van der Waals surface area (Å²) >= 11 is 1.88. The minimum atomic E-state index is 0.166. The molecule has 0 unspecified atom stereocenters. The van der Waals surface area contributed by atoms with Gasteiger partial charge in [0.2, 0.25) is 0 Å². The largest absolute Gasteiger partial charge is 0.351 e. The summed E-state index contributed by atoms with van der Waals surface area (Å²) in [5.41, 5.74) is 1.53. The van der Waals surface area contributed by atoms with Crippen LogP contribution in [0.3, 0.4) is 0 Å². The number of anilines is 1. The number of hydrogen-bond donors (Lipinski definition) is 1. The summed E-state index contributed by atoms with van der Waals surface area (Å²) in [6.07, 6.45) is 5.13. The normalized spacial score (nSPS) is 15.7. The molecule has 1 fully saturated rings. The summed E-state index contributed by atoms with van der Waals surface area (Å²) in [5, 5.41) is 4.81. The second-order valence-electron chi connectivity index (χ2n) is 6.96. The molecule has 1 aliphatic carbocycles. The maximum Gasteiger partial charge on any atom is 0.185 e. The zero-order valence-corrected chi connectivity index (χ0v) is 14.4. The van der Waals surface area contributed by atoms with Gasteiger partial charge in [-0.1, -0.05) is 13.3 Å².